The molecule has 1 nitrogen and oxygen atoms in total. The Morgan fingerprint density at radius 3 is 2.11 bits per heavy atom. The summed E-state index contributed by atoms with van der Waals surface area (Å²) in [6.45, 7) is 4.61. The van der Waals surface area contributed by atoms with Gasteiger partial charge in [0.2, 0.25) is 0 Å². The number of rotatable bonds is 9. The van der Waals surface area contributed by atoms with Crippen molar-refractivity contribution in [1.82, 2.24) is 0 Å². The monoisotopic (exact) mass is 253 g/mol. The zero-order valence-electron chi connectivity index (χ0n) is 12.8. The summed E-state index contributed by atoms with van der Waals surface area (Å²) in [5, 5.41) is 0. The zero-order chi connectivity index (χ0) is 13.2. The van der Waals surface area contributed by atoms with Gasteiger partial charge in [0.15, 0.2) is 0 Å². The van der Waals surface area contributed by atoms with Crippen molar-refractivity contribution in [3.63, 3.8) is 0 Å². The van der Waals surface area contributed by atoms with Gasteiger partial charge in [0.05, 0.1) is 0 Å². The second kappa shape index (κ2) is 9.83. The summed E-state index contributed by atoms with van der Waals surface area (Å²) >= 11 is 0. The highest BCUT2D eigenvalue weighted by Crippen LogP contribution is 2.33. The topological polar surface area (TPSA) is 26.0 Å². The first-order valence-corrected chi connectivity index (χ1v) is 8.53. The summed E-state index contributed by atoms with van der Waals surface area (Å²) in [5.41, 5.74) is 6.38. The lowest BCUT2D eigenvalue weighted by molar-refractivity contribution is 0.231. The van der Waals surface area contributed by atoms with Gasteiger partial charge in [-0.2, -0.15) is 0 Å². The van der Waals surface area contributed by atoms with Crippen LogP contribution in [0.5, 0.6) is 0 Å². The molecule has 1 atom stereocenters. The lowest BCUT2D eigenvalue weighted by Gasteiger charge is -2.31. The van der Waals surface area contributed by atoms with Crippen LogP contribution in [0, 0.1) is 11.8 Å². The Hall–Kier alpha value is -0.0400. The molecule has 0 heterocycles. The average molecular weight is 253 g/mol. The van der Waals surface area contributed by atoms with Gasteiger partial charge in [-0.05, 0) is 31.1 Å². The Bertz CT molecular complexity index is 182. The van der Waals surface area contributed by atoms with Crippen LogP contribution in [0.2, 0.25) is 0 Å². The second-order valence-electron chi connectivity index (χ2n) is 6.41. The van der Waals surface area contributed by atoms with E-state index >= 15 is 0 Å². The highest BCUT2D eigenvalue weighted by Gasteiger charge is 2.24. The van der Waals surface area contributed by atoms with Crippen LogP contribution in [0.4, 0.5) is 0 Å². The molecule has 0 spiro atoms. The van der Waals surface area contributed by atoms with Gasteiger partial charge in [0.1, 0.15) is 0 Å². The predicted octanol–water partition coefficient (Wildman–Crippen LogP) is 5.28. The van der Waals surface area contributed by atoms with E-state index in [1.807, 2.05) is 0 Å². The van der Waals surface area contributed by atoms with E-state index in [0.717, 1.165) is 11.8 Å². The van der Waals surface area contributed by atoms with Crippen LogP contribution >= 0.6 is 0 Å². The van der Waals surface area contributed by atoms with Gasteiger partial charge < -0.3 is 5.73 Å². The van der Waals surface area contributed by atoms with E-state index < -0.39 is 0 Å². The Balaban J connectivity index is 2.01. The van der Waals surface area contributed by atoms with E-state index in [1.165, 1.54) is 77.0 Å². The average Bonchev–Trinajstić information content (AvgIpc) is 2.42. The first-order chi connectivity index (χ1) is 8.77. The quantitative estimate of drug-likeness (QED) is 0.556. The highest BCUT2D eigenvalue weighted by molar-refractivity contribution is 4.79. The molecule has 0 bridgehead atoms. The van der Waals surface area contributed by atoms with Gasteiger partial charge in [-0.1, -0.05) is 71.6 Å². The van der Waals surface area contributed by atoms with E-state index in [4.69, 9.17) is 5.73 Å². The van der Waals surface area contributed by atoms with Gasteiger partial charge in [-0.15, -0.1) is 0 Å². The molecule has 1 fully saturated rings. The third kappa shape index (κ3) is 6.22. The van der Waals surface area contributed by atoms with E-state index in [1.54, 1.807) is 0 Å². The van der Waals surface area contributed by atoms with Crippen molar-refractivity contribution in [2.24, 2.45) is 17.6 Å². The molecule has 2 N–H and O–H groups in total. The molecule has 1 rings (SSSR count). The van der Waals surface area contributed by atoms with Crippen molar-refractivity contribution < 1.29 is 0 Å². The fourth-order valence-electron chi connectivity index (χ4n) is 3.42. The molecule has 0 radical (unpaired) electrons. The Labute approximate surface area is 115 Å². The molecular formula is C17H35N. The number of unbranched alkanes of at least 4 members (excludes halogenated alkanes) is 5. The van der Waals surface area contributed by atoms with Crippen molar-refractivity contribution in [1.29, 1.82) is 0 Å². The van der Waals surface area contributed by atoms with E-state index in [-0.39, 0.29) is 0 Å². The molecule has 1 unspecified atom stereocenters. The Morgan fingerprint density at radius 2 is 1.50 bits per heavy atom. The molecule has 0 aromatic heterocycles. The van der Waals surface area contributed by atoms with E-state index in [9.17, 15) is 0 Å². The maximum atomic E-state index is 6.38. The van der Waals surface area contributed by atoms with Gasteiger partial charge in [0.25, 0.3) is 0 Å². The summed E-state index contributed by atoms with van der Waals surface area (Å²) < 4.78 is 0. The SMILES string of the molecule is CCCCCCCCC(N)C1CCC(CC)CC1. The number of nitrogens with two attached hydrogens (primary N) is 1. The van der Waals surface area contributed by atoms with E-state index in [2.05, 4.69) is 13.8 Å². The summed E-state index contributed by atoms with van der Waals surface area (Å²) in [4.78, 5) is 0. The summed E-state index contributed by atoms with van der Waals surface area (Å²) in [6.07, 6.45) is 16.7. The van der Waals surface area contributed by atoms with Crippen molar-refractivity contribution in [2.45, 2.75) is 96.9 Å². The normalized spacial score (nSPS) is 26.2. The molecule has 1 aliphatic carbocycles. The lowest BCUT2D eigenvalue weighted by atomic mass is 9.77. The first-order valence-electron chi connectivity index (χ1n) is 8.53. The minimum atomic E-state index is 0.494. The molecule has 1 heteroatoms. The van der Waals surface area contributed by atoms with Crippen molar-refractivity contribution in [3.8, 4) is 0 Å². The highest BCUT2D eigenvalue weighted by atomic mass is 14.6. The smallest absolute Gasteiger partial charge is 0.00671 e. The predicted molar refractivity (Wildman–Crippen MR) is 81.7 cm³/mol. The van der Waals surface area contributed by atoms with Crippen LogP contribution in [-0.4, -0.2) is 6.04 Å². The molecule has 0 aromatic carbocycles. The van der Waals surface area contributed by atoms with Crippen LogP contribution < -0.4 is 5.73 Å². The van der Waals surface area contributed by atoms with Gasteiger partial charge >= 0.3 is 0 Å². The molecule has 1 aliphatic rings. The molecule has 108 valence electrons. The molecule has 0 aliphatic heterocycles. The van der Waals surface area contributed by atoms with Gasteiger partial charge in [0, 0.05) is 6.04 Å². The van der Waals surface area contributed by atoms with Crippen LogP contribution in [0.25, 0.3) is 0 Å². The Kier molecular flexibility index (Phi) is 8.75. The first kappa shape index (κ1) is 16.0. The van der Waals surface area contributed by atoms with Crippen molar-refractivity contribution in [3.05, 3.63) is 0 Å². The van der Waals surface area contributed by atoms with Crippen molar-refractivity contribution in [2.75, 3.05) is 0 Å². The largest absolute Gasteiger partial charge is 0.327 e. The van der Waals surface area contributed by atoms with Gasteiger partial charge in [-0.3, -0.25) is 0 Å². The minimum Gasteiger partial charge on any atom is -0.327 e. The lowest BCUT2D eigenvalue weighted by Crippen LogP contribution is -2.33. The molecule has 1 saturated carbocycles. The molecule has 0 amide bonds. The maximum absolute atomic E-state index is 6.38. The molecular weight excluding hydrogens is 218 g/mol. The fourth-order valence-corrected chi connectivity index (χ4v) is 3.42. The fraction of sp³-hybridized carbons (Fsp3) is 1.00. The standard InChI is InChI=1S/C17H35N/c1-3-5-6-7-8-9-10-17(18)16-13-11-15(4-2)12-14-16/h15-17H,3-14,18H2,1-2H3. The maximum Gasteiger partial charge on any atom is 0.00671 e. The third-order valence-corrected chi connectivity index (χ3v) is 4.97. The molecule has 0 aromatic rings. The molecule has 0 saturated heterocycles. The van der Waals surface area contributed by atoms with E-state index in [0.29, 0.717) is 6.04 Å². The summed E-state index contributed by atoms with van der Waals surface area (Å²) in [5.74, 6) is 1.84. The van der Waals surface area contributed by atoms with Crippen LogP contribution in [0.15, 0.2) is 0 Å². The van der Waals surface area contributed by atoms with Crippen LogP contribution in [0.3, 0.4) is 0 Å². The molecule has 18 heavy (non-hydrogen) atoms. The van der Waals surface area contributed by atoms with Crippen LogP contribution in [-0.2, 0) is 0 Å². The Morgan fingerprint density at radius 1 is 0.889 bits per heavy atom. The number of hydrogen-bond acceptors (Lipinski definition) is 1. The van der Waals surface area contributed by atoms with Crippen molar-refractivity contribution >= 4 is 0 Å². The number of hydrogen-bond donors (Lipinski definition) is 1. The van der Waals surface area contributed by atoms with Gasteiger partial charge in [-0.25, -0.2) is 0 Å². The minimum absolute atomic E-state index is 0.494. The third-order valence-electron chi connectivity index (χ3n) is 4.97. The summed E-state index contributed by atoms with van der Waals surface area (Å²) in [7, 11) is 0. The second-order valence-corrected chi connectivity index (χ2v) is 6.41. The van der Waals surface area contributed by atoms with Crippen LogP contribution in [0.1, 0.15) is 90.9 Å². The summed E-state index contributed by atoms with van der Waals surface area (Å²) in [6, 6.07) is 0.494. The zero-order valence-corrected chi connectivity index (χ0v) is 12.8.